The molecule has 0 N–H and O–H groups in total. The number of cyclic esters (lactones) is 1. The number of carbonyl (C=O) groups excluding carboxylic acids is 1. The van der Waals surface area contributed by atoms with Crippen LogP contribution in [-0.2, 0) is 11.3 Å². The van der Waals surface area contributed by atoms with Crippen molar-refractivity contribution in [3.63, 3.8) is 0 Å². The molecule has 1 aromatic heterocycles. The Kier molecular flexibility index (Phi) is 1.51. The number of aromatic nitrogens is 1. The zero-order chi connectivity index (χ0) is 10.4. The van der Waals surface area contributed by atoms with E-state index < -0.39 is 0 Å². The van der Waals surface area contributed by atoms with Crippen LogP contribution in [0, 0.1) is 0 Å². The summed E-state index contributed by atoms with van der Waals surface area (Å²) < 4.78 is 6.92. The molecule has 0 atom stereocenters. The fourth-order valence-corrected chi connectivity index (χ4v) is 1.94. The number of carbonyl (C=O) groups is 1. The topological polar surface area (TPSA) is 31.2 Å². The Labute approximate surface area is 86.6 Å². The van der Waals surface area contributed by atoms with Gasteiger partial charge in [-0.3, -0.25) is 0 Å². The fraction of sp³-hybridized carbons (Fsp3) is 0.0833. The number of fused-ring (bicyclic) bond motifs is 3. The Hall–Kier alpha value is -2.03. The summed E-state index contributed by atoms with van der Waals surface area (Å²) in [4.78, 5) is 11.6. The van der Waals surface area contributed by atoms with Crippen LogP contribution in [-0.4, -0.2) is 10.5 Å². The van der Waals surface area contributed by atoms with E-state index in [2.05, 4.69) is 6.58 Å². The first-order valence-electron chi connectivity index (χ1n) is 4.74. The molecule has 0 bridgehead atoms. The van der Waals surface area contributed by atoms with Crippen LogP contribution >= 0.6 is 0 Å². The summed E-state index contributed by atoms with van der Waals surface area (Å²) in [5.41, 5.74) is 1.65. The fourth-order valence-electron chi connectivity index (χ4n) is 1.94. The molecule has 0 radical (unpaired) electrons. The summed E-state index contributed by atoms with van der Waals surface area (Å²) in [7, 11) is 0. The highest BCUT2D eigenvalue weighted by Gasteiger charge is 2.23. The van der Waals surface area contributed by atoms with Gasteiger partial charge in [0, 0.05) is 10.9 Å². The van der Waals surface area contributed by atoms with Gasteiger partial charge in [0.15, 0.2) is 0 Å². The highest BCUT2D eigenvalue weighted by atomic mass is 16.5. The summed E-state index contributed by atoms with van der Waals surface area (Å²) in [6, 6.07) is 9.73. The maximum atomic E-state index is 11.6. The Morgan fingerprint density at radius 2 is 2.13 bits per heavy atom. The molecule has 15 heavy (non-hydrogen) atoms. The third kappa shape index (κ3) is 1.09. The third-order valence-electron chi connectivity index (χ3n) is 2.59. The molecule has 0 unspecified atom stereocenters. The number of nitrogens with zero attached hydrogens (tertiary/aromatic N) is 1. The van der Waals surface area contributed by atoms with Gasteiger partial charge in [0.25, 0.3) is 0 Å². The van der Waals surface area contributed by atoms with Crippen LogP contribution in [0.4, 0.5) is 0 Å². The highest BCUT2D eigenvalue weighted by Crippen LogP contribution is 2.25. The van der Waals surface area contributed by atoms with Crippen LogP contribution in [0.3, 0.4) is 0 Å². The third-order valence-corrected chi connectivity index (χ3v) is 2.59. The number of ether oxygens (including phenoxy) is 1. The van der Waals surface area contributed by atoms with Crippen molar-refractivity contribution in [1.82, 2.24) is 4.57 Å². The molecule has 0 saturated carbocycles. The second kappa shape index (κ2) is 2.73. The van der Waals surface area contributed by atoms with Gasteiger partial charge in [-0.1, -0.05) is 24.8 Å². The molecule has 2 heterocycles. The van der Waals surface area contributed by atoms with E-state index in [-0.39, 0.29) is 5.97 Å². The van der Waals surface area contributed by atoms with E-state index in [0.717, 1.165) is 10.9 Å². The Balaban J connectivity index is 2.36. The number of hydrogen-bond donors (Lipinski definition) is 0. The van der Waals surface area contributed by atoms with Gasteiger partial charge in [0.2, 0.25) is 0 Å². The van der Waals surface area contributed by atoms with Crippen molar-refractivity contribution < 1.29 is 9.53 Å². The zero-order valence-corrected chi connectivity index (χ0v) is 8.06. The molecule has 74 valence electrons. The molecular formula is C12H9NO2. The second-order valence-corrected chi connectivity index (χ2v) is 3.60. The van der Waals surface area contributed by atoms with Gasteiger partial charge in [-0.25, -0.2) is 4.79 Å². The summed E-state index contributed by atoms with van der Waals surface area (Å²) >= 11 is 0. The second-order valence-electron chi connectivity index (χ2n) is 3.60. The molecule has 3 nitrogen and oxygen atoms in total. The molecule has 0 spiro atoms. The molecule has 1 aliphatic rings. The largest absolute Gasteiger partial charge is 0.425 e. The predicted octanol–water partition coefficient (Wildman–Crippen LogP) is 2.33. The van der Waals surface area contributed by atoms with Crippen molar-refractivity contribution in [3.8, 4) is 0 Å². The molecular weight excluding hydrogens is 190 g/mol. The van der Waals surface area contributed by atoms with Crippen molar-refractivity contribution in [2.24, 2.45) is 0 Å². The van der Waals surface area contributed by atoms with E-state index in [1.165, 1.54) is 0 Å². The van der Waals surface area contributed by atoms with E-state index in [1.54, 1.807) is 0 Å². The Morgan fingerprint density at radius 3 is 3.00 bits per heavy atom. The first kappa shape index (κ1) is 8.29. The maximum Gasteiger partial charge on any atom is 0.360 e. The molecule has 2 aromatic rings. The summed E-state index contributed by atoms with van der Waals surface area (Å²) in [5, 5.41) is 1.05. The van der Waals surface area contributed by atoms with Gasteiger partial charge in [-0.15, -0.1) is 0 Å². The van der Waals surface area contributed by atoms with Gasteiger partial charge in [0.05, 0.1) is 6.54 Å². The molecule has 1 aromatic carbocycles. The van der Waals surface area contributed by atoms with Crippen LogP contribution in [0.15, 0.2) is 42.7 Å². The average molecular weight is 199 g/mol. The lowest BCUT2D eigenvalue weighted by molar-refractivity contribution is 0.0565. The normalized spacial score (nSPS) is 15.2. The van der Waals surface area contributed by atoms with Crippen LogP contribution in [0.1, 0.15) is 10.5 Å². The van der Waals surface area contributed by atoms with Gasteiger partial charge >= 0.3 is 5.97 Å². The Morgan fingerprint density at radius 1 is 1.33 bits per heavy atom. The van der Waals surface area contributed by atoms with E-state index in [1.807, 2.05) is 34.9 Å². The molecule has 0 amide bonds. The Bertz CT molecular complexity index is 580. The highest BCUT2D eigenvalue weighted by molar-refractivity contribution is 5.96. The standard InChI is InChI=1S/C12H9NO2/c1-8-7-13-10-5-3-2-4-9(10)6-11(13)12(14)15-8/h2-6H,1,7H2. The predicted molar refractivity (Wildman–Crippen MR) is 56.5 cm³/mol. The zero-order valence-electron chi connectivity index (χ0n) is 8.06. The van der Waals surface area contributed by atoms with E-state index in [0.29, 0.717) is 18.0 Å². The minimum Gasteiger partial charge on any atom is -0.425 e. The molecule has 3 rings (SSSR count). The summed E-state index contributed by atoms with van der Waals surface area (Å²) in [6.07, 6.45) is 0. The van der Waals surface area contributed by atoms with E-state index in [9.17, 15) is 4.79 Å². The number of rotatable bonds is 0. The quantitative estimate of drug-likeness (QED) is 0.610. The van der Waals surface area contributed by atoms with Gasteiger partial charge in [0.1, 0.15) is 11.5 Å². The van der Waals surface area contributed by atoms with Gasteiger partial charge in [-0.05, 0) is 12.1 Å². The van der Waals surface area contributed by atoms with Crippen LogP contribution < -0.4 is 0 Å². The number of benzene rings is 1. The lowest BCUT2D eigenvalue weighted by Gasteiger charge is -2.17. The molecule has 1 aliphatic heterocycles. The van der Waals surface area contributed by atoms with Crippen molar-refractivity contribution in [2.45, 2.75) is 6.54 Å². The van der Waals surface area contributed by atoms with Crippen LogP contribution in [0.2, 0.25) is 0 Å². The SMILES string of the molecule is C=C1Cn2c(cc3ccccc32)C(=O)O1. The first-order chi connectivity index (χ1) is 7.25. The van der Waals surface area contributed by atoms with Crippen molar-refractivity contribution in [2.75, 3.05) is 0 Å². The molecule has 0 fully saturated rings. The minimum atomic E-state index is -0.317. The smallest absolute Gasteiger partial charge is 0.360 e. The molecule has 0 saturated heterocycles. The number of hydrogen-bond acceptors (Lipinski definition) is 2. The molecule has 3 heteroatoms. The van der Waals surface area contributed by atoms with Gasteiger partial charge < -0.3 is 9.30 Å². The first-order valence-corrected chi connectivity index (χ1v) is 4.74. The minimum absolute atomic E-state index is 0.317. The number of esters is 1. The van der Waals surface area contributed by atoms with E-state index >= 15 is 0 Å². The van der Waals surface area contributed by atoms with E-state index in [4.69, 9.17) is 4.74 Å². The van der Waals surface area contributed by atoms with Crippen molar-refractivity contribution in [1.29, 1.82) is 0 Å². The van der Waals surface area contributed by atoms with Crippen molar-refractivity contribution in [3.05, 3.63) is 48.4 Å². The lowest BCUT2D eigenvalue weighted by Crippen LogP contribution is -2.20. The average Bonchev–Trinajstić information content (AvgIpc) is 2.57. The lowest BCUT2D eigenvalue weighted by atomic mass is 10.2. The van der Waals surface area contributed by atoms with Gasteiger partial charge in [-0.2, -0.15) is 0 Å². The van der Waals surface area contributed by atoms with Crippen LogP contribution in [0.25, 0.3) is 10.9 Å². The monoisotopic (exact) mass is 199 g/mol. The maximum absolute atomic E-state index is 11.6. The summed E-state index contributed by atoms with van der Waals surface area (Å²) in [5.74, 6) is 0.177. The molecule has 0 aliphatic carbocycles. The summed E-state index contributed by atoms with van der Waals surface area (Å²) in [6.45, 7) is 4.24. The number of allylic oxidation sites excluding steroid dienone is 1. The van der Waals surface area contributed by atoms with Crippen molar-refractivity contribution >= 4 is 16.9 Å². The number of para-hydroxylation sites is 1. The van der Waals surface area contributed by atoms with Crippen LogP contribution in [0.5, 0.6) is 0 Å².